The van der Waals surface area contributed by atoms with Gasteiger partial charge >= 0.3 is 5.97 Å². The lowest BCUT2D eigenvalue weighted by atomic mass is 9.76. The summed E-state index contributed by atoms with van der Waals surface area (Å²) in [5.41, 5.74) is 5.05. The molecule has 0 heterocycles. The van der Waals surface area contributed by atoms with Crippen LogP contribution in [-0.4, -0.2) is 29.3 Å². The number of hydrogen-bond acceptors (Lipinski definition) is 3. The van der Waals surface area contributed by atoms with E-state index in [0.717, 1.165) is 32.3 Å². The molecule has 0 aliphatic heterocycles. The maximum atomic E-state index is 10.8. The molecule has 19 heavy (non-hydrogen) atoms. The quantitative estimate of drug-likeness (QED) is 0.698. The molecule has 1 fully saturated rings. The number of unbranched alkanes of at least 4 members (excludes halogenated alkanes) is 1. The number of hydrogen-bond donors (Lipinski definition) is 2. The normalized spacial score (nSPS) is 22.9. The van der Waals surface area contributed by atoms with Gasteiger partial charge in [0, 0.05) is 6.61 Å². The van der Waals surface area contributed by atoms with Crippen molar-refractivity contribution < 1.29 is 14.6 Å². The molecule has 112 valence electrons. The van der Waals surface area contributed by atoms with Crippen LogP contribution in [0.1, 0.15) is 65.7 Å². The van der Waals surface area contributed by atoms with Gasteiger partial charge in [0.05, 0.1) is 6.10 Å². The number of nitrogens with two attached hydrogens (primary N) is 1. The van der Waals surface area contributed by atoms with Gasteiger partial charge in [0.1, 0.15) is 5.54 Å². The molecule has 0 radical (unpaired) electrons. The summed E-state index contributed by atoms with van der Waals surface area (Å²) in [6, 6.07) is 0. The van der Waals surface area contributed by atoms with E-state index >= 15 is 0 Å². The van der Waals surface area contributed by atoms with Gasteiger partial charge in [-0.3, -0.25) is 4.79 Å². The van der Waals surface area contributed by atoms with Crippen molar-refractivity contribution in [3.63, 3.8) is 0 Å². The predicted octanol–water partition coefficient (Wildman–Crippen LogP) is 2.94. The Bertz CT molecular complexity index is 290. The first kappa shape index (κ1) is 16.4. The average Bonchev–Trinajstić information content (AvgIpc) is 2.30. The predicted molar refractivity (Wildman–Crippen MR) is 76.1 cm³/mol. The summed E-state index contributed by atoms with van der Waals surface area (Å²) in [5.74, 6) is -0.928. The van der Waals surface area contributed by atoms with Gasteiger partial charge in [-0.1, -0.05) is 13.8 Å². The van der Waals surface area contributed by atoms with E-state index in [-0.39, 0.29) is 0 Å². The van der Waals surface area contributed by atoms with Gasteiger partial charge in [0.2, 0.25) is 0 Å². The lowest BCUT2D eigenvalue weighted by Crippen LogP contribution is -2.44. The SMILES string of the molecule is CC1(C)CCC(OCCCCC(C)(N)C(=O)O)CC1. The molecule has 1 atom stereocenters. The number of aliphatic carboxylic acids is 1. The molecular formula is C15H29NO3. The van der Waals surface area contributed by atoms with E-state index in [4.69, 9.17) is 15.6 Å². The second-order valence-corrected chi connectivity index (χ2v) is 6.91. The van der Waals surface area contributed by atoms with E-state index in [9.17, 15) is 4.79 Å². The number of carboxylic acids is 1. The molecule has 0 aromatic heterocycles. The molecule has 1 aliphatic rings. The van der Waals surface area contributed by atoms with Gasteiger partial charge < -0.3 is 15.6 Å². The molecule has 1 rings (SSSR count). The third-order valence-corrected chi connectivity index (χ3v) is 4.22. The second-order valence-electron chi connectivity index (χ2n) is 6.91. The van der Waals surface area contributed by atoms with Crippen LogP contribution in [0.15, 0.2) is 0 Å². The molecular weight excluding hydrogens is 242 g/mol. The largest absolute Gasteiger partial charge is 0.480 e. The fraction of sp³-hybridized carbons (Fsp3) is 0.933. The summed E-state index contributed by atoms with van der Waals surface area (Å²) < 4.78 is 5.86. The Kier molecular flexibility index (Phi) is 5.81. The zero-order valence-corrected chi connectivity index (χ0v) is 12.6. The highest BCUT2D eigenvalue weighted by Gasteiger charge is 2.28. The van der Waals surface area contributed by atoms with Crippen LogP contribution in [0.4, 0.5) is 0 Å². The first-order chi connectivity index (χ1) is 8.73. The van der Waals surface area contributed by atoms with Crippen molar-refractivity contribution in [3.8, 4) is 0 Å². The highest BCUT2D eigenvalue weighted by atomic mass is 16.5. The topological polar surface area (TPSA) is 72.5 Å². The smallest absolute Gasteiger partial charge is 0.323 e. The molecule has 1 saturated carbocycles. The number of carboxylic acid groups (broad SMARTS) is 1. The van der Waals surface area contributed by atoms with E-state index in [1.54, 1.807) is 6.92 Å². The number of carbonyl (C=O) groups is 1. The number of ether oxygens (including phenoxy) is 1. The van der Waals surface area contributed by atoms with Crippen LogP contribution in [0, 0.1) is 5.41 Å². The molecule has 4 nitrogen and oxygen atoms in total. The van der Waals surface area contributed by atoms with Gasteiger partial charge in [0.15, 0.2) is 0 Å². The molecule has 0 spiro atoms. The van der Waals surface area contributed by atoms with Gasteiger partial charge in [-0.05, 0) is 57.3 Å². The van der Waals surface area contributed by atoms with Gasteiger partial charge in [0.25, 0.3) is 0 Å². The zero-order chi connectivity index (χ0) is 14.5. The monoisotopic (exact) mass is 271 g/mol. The molecule has 4 heteroatoms. The van der Waals surface area contributed by atoms with Gasteiger partial charge in [-0.15, -0.1) is 0 Å². The van der Waals surface area contributed by atoms with Crippen molar-refractivity contribution >= 4 is 5.97 Å². The molecule has 1 aliphatic carbocycles. The third kappa shape index (κ3) is 5.91. The van der Waals surface area contributed by atoms with Crippen LogP contribution in [0.25, 0.3) is 0 Å². The third-order valence-electron chi connectivity index (χ3n) is 4.22. The van der Waals surface area contributed by atoms with Crippen LogP contribution in [0.5, 0.6) is 0 Å². The van der Waals surface area contributed by atoms with Crippen LogP contribution in [0.3, 0.4) is 0 Å². The molecule has 0 amide bonds. The van der Waals surface area contributed by atoms with Crippen LogP contribution < -0.4 is 5.73 Å². The van der Waals surface area contributed by atoms with Crippen molar-refractivity contribution in [2.24, 2.45) is 11.1 Å². The fourth-order valence-electron chi connectivity index (χ4n) is 2.49. The minimum absolute atomic E-state index is 0.400. The Morgan fingerprint density at radius 1 is 1.37 bits per heavy atom. The maximum Gasteiger partial charge on any atom is 0.323 e. The Hall–Kier alpha value is -0.610. The zero-order valence-electron chi connectivity index (χ0n) is 12.6. The van der Waals surface area contributed by atoms with Gasteiger partial charge in [-0.25, -0.2) is 0 Å². The maximum absolute atomic E-state index is 10.8. The minimum atomic E-state index is -1.10. The summed E-state index contributed by atoms with van der Waals surface area (Å²) in [6.07, 6.45) is 7.36. The lowest BCUT2D eigenvalue weighted by Gasteiger charge is -2.34. The first-order valence-electron chi connectivity index (χ1n) is 7.37. The van der Waals surface area contributed by atoms with Crippen molar-refractivity contribution in [3.05, 3.63) is 0 Å². The van der Waals surface area contributed by atoms with E-state index < -0.39 is 11.5 Å². The fourth-order valence-corrected chi connectivity index (χ4v) is 2.49. The molecule has 0 aromatic carbocycles. The lowest BCUT2D eigenvalue weighted by molar-refractivity contribution is -0.143. The first-order valence-corrected chi connectivity index (χ1v) is 7.37. The molecule has 3 N–H and O–H groups in total. The van der Waals surface area contributed by atoms with E-state index in [2.05, 4.69) is 13.8 Å². The summed E-state index contributed by atoms with van der Waals surface area (Å²) in [4.78, 5) is 10.8. The van der Waals surface area contributed by atoms with Crippen molar-refractivity contribution in [1.82, 2.24) is 0 Å². The van der Waals surface area contributed by atoms with E-state index in [0.29, 0.717) is 17.9 Å². The molecule has 0 bridgehead atoms. The van der Waals surface area contributed by atoms with E-state index in [1.807, 2.05) is 0 Å². The average molecular weight is 271 g/mol. The molecule has 0 aromatic rings. The summed E-state index contributed by atoms with van der Waals surface area (Å²) in [6.45, 7) is 6.93. The Balaban J connectivity index is 2.08. The Morgan fingerprint density at radius 3 is 2.47 bits per heavy atom. The molecule has 0 saturated heterocycles. The molecule has 1 unspecified atom stereocenters. The van der Waals surface area contributed by atoms with Gasteiger partial charge in [-0.2, -0.15) is 0 Å². The highest BCUT2D eigenvalue weighted by molar-refractivity contribution is 5.77. The Morgan fingerprint density at radius 2 is 1.95 bits per heavy atom. The summed E-state index contributed by atoms with van der Waals surface area (Å²) in [7, 11) is 0. The number of rotatable bonds is 7. The van der Waals surface area contributed by atoms with Crippen molar-refractivity contribution in [2.75, 3.05) is 6.61 Å². The summed E-state index contributed by atoms with van der Waals surface area (Å²) >= 11 is 0. The highest BCUT2D eigenvalue weighted by Crippen LogP contribution is 2.36. The van der Waals surface area contributed by atoms with E-state index in [1.165, 1.54) is 12.8 Å². The second kappa shape index (κ2) is 6.71. The van der Waals surface area contributed by atoms with Crippen molar-refractivity contribution in [2.45, 2.75) is 77.4 Å². The van der Waals surface area contributed by atoms with Crippen LogP contribution in [-0.2, 0) is 9.53 Å². The van der Waals surface area contributed by atoms with Crippen molar-refractivity contribution in [1.29, 1.82) is 0 Å². The van der Waals surface area contributed by atoms with Crippen LogP contribution in [0.2, 0.25) is 0 Å². The minimum Gasteiger partial charge on any atom is -0.480 e. The Labute approximate surface area is 116 Å². The summed E-state index contributed by atoms with van der Waals surface area (Å²) in [5, 5.41) is 8.89. The standard InChI is InChI=1S/C15H29NO3/c1-14(2)9-6-12(7-10-14)19-11-5-4-8-15(3,16)13(17)18/h12H,4-11,16H2,1-3H3,(H,17,18). The van der Waals surface area contributed by atoms with Crippen LogP contribution >= 0.6 is 0 Å².